The third kappa shape index (κ3) is 2.25. The summed E-state index contributed by atoms with van der Waals surface area (Å²) in [6.07, 6.45) is 0.951. The Morgan fingerprint density at radius 3 is 2.79 bits per heavy atom. The fourth-order valence-corrected chi connectivity index (χ4v) is 1.58. The normalized spacial score (nSPS) is 27.2. The Morgan fingerprint density at radius 2 is 2.07 bits per heavy atom. The first-order chi connectivity index (χ1) is 6.86. The van der Waals surface area contributed by atoms with Crippen LogP contribution >= 0.6 is 0 Å². The summed E-state index contributed by atoms with van der Waals surface area (Å²) < 4.78 is 5.16. The van der Waals surface area contributed by atoms with E-state index in [4.69, 9.17) is 10.5 Å². The highest BCUT2D eigenvalue weighted by Crippen LogP contribution is 2.15. The van der Waals surface area contributed by atoms with Crippen LogP contribution in [-0.4, -0.2) is 18.7 Å². The molecule has 3 nitrogen and oxygen atoms in total. The van der Waals surface area contributed by atoms with Crippen molar-refractivity contribution in [3.8, 4) is 0 Å². The van der Waals surface area contributed by atoms with Crippen LogP contribution in [0.25, 0.3) is 0 Å². The summed E-state index contributed by atoms with van der Waals surface area (Å²) in [5.41, 5.74) is 7.00. The predicted octanol–water partition coefficient (Wildman–Crippen LogP) is 1.38. The molecule has 1 fully saturated rings. The summed E-state index contributed by atoms with van der Waals surface area (Å²) in [6.45, 7) is 2.46. The number of benzene rings is 1. The van der Waals surface area contributed by atoms with E-state index in [1.807, 2.05) is 30.3 Å². The first kappa shape index (κ1) is 9.49. The molecule has 2 rings (SSSR count). The molecular formula is C11H15N2O. The lowest BCUT2D eigenvalue weighted by Crippen LogP contribution is -2.45. The van der Waals surface area contributed by atoms with E-state index in [1.54, 1.807) is 6.61 Å². The van der Waals surface area contributed by atoms with Crippen LogP contribution in [0.2, 0.25) is 0 Å². The number of hydrogen-bond donors (Lipinski definition) is 2. The van der Waals surface area contributed by atoms with E-state index in [0.29, 0.717) is 0 Å². The summed E-state index contributed by atoms with van der Waals surface area (Å²) in [6, 6.07) is 10.4. The monoisotopic (exact) mass is 191 g/mol. The second-order valence-electron chi connectivity index (χ2n) is 3.49. The third-order valence-electron chi connectivity index (χ3n) is 2.39. The molecule has 0 saturated carbocycles. The van der Waals surface area contributed by atoms with E-state index in [-0.39, 0.29) is 12.1 Å². The summed E-state index contributed by atoms with van der Waals surface area (Å²) in [5.74, 6) is 0. The van der Waals surface area contributed by atoms with Crippen molar-refractivity contribution in [1.82, 2.24) is 0 Å². The van der Waals surface area contributed by atoms with Crippen LogP contribution in [-0.2, 0) is 4.74 Å². The van der Waals surface area contributed by atoms with E-state index in [0.717, 1.165) is 18.7 Å². The van der Waals surface area contributed by atoms with Gasteiger partial charge in [-0.1, -0.05) is 18.2 Å². The molecule has 0 aliphatic carbocycles. The Morgan fingerprint density at radius 1 is 1.29 bits per heavy atom. The molecule has 1 aromatic rings. The Hall–Kier alpha value is -1.06. The van der Waals surface area contributed by atoms with Crippen molar-refractivity contribution in [1.29, 1.82) is 0 Å². The molecule has 2 atom stereocenters. The number of para-hydroxylation sites is 1. The number of ether oxygens (including phenoxy) is 1. The Bertz CT molecular complexity index is 276. The maximum atomic E-state index is 5.88. The van der Waals surface area contributed by atoms with Gasteiger partial charge in [-0.25, -0.2) is 0 Å². The minimum Gasteiger partial charge on any atom is -0.381 e. The van der Waals surface area contributed by atoms with Gasteiger partial charge in [0.25, 0.3) is 0 Å². The summed E-state index contributed by atoms with van der Waals surface area (Å²) in [4.78, 5) is 0. The molecular weight excluding hydrogens is 176 g/mol. The SMILES string of the molecule is NC1[CH]OCCC1Nc1ccccc1. The molecule has 1 aliphatic rings. The van der Waals surface area contributed by atoms with Crippen molar-refractivity contribution in [2.45, 2.75) is 18.5 Å². The standard InChI is InChI=1S/C11H15N2O/c12-10-8-14-7-6-11(10)13-9-4-2-1-3-5-9/h1-5,8,10-11,13H,6-7,12H2. The molecule has 0 amide bonds. The van der Waals surface area contributed by atoms with Crippen molar-refractivity contribution in [3.63, 3.8) is 0 Å². The van der Waals surface area contributed by atoms with Gasteiger partial charge >= 0.3 is 0 Å². The van der Waals surface area contributed by atoms with Gasteiger partial charge in [0.15, 0.2) is 0 Å². The fraction of sp³-hybridized carbons (Fsp3) is 0.364. The molecule has 2 unspecified atom stereocenters. The minimum absolute atomic E-state index is 0.0241. The summed E-state index contributed by atoms with van der Waals surface area (Å²) in [5, 5.41) is 3.39. The van der Waals surface area contributed by atoms with Gasteiger partial charge in [-0.05, 0) is 18.6 Å². The van der Waals surface area contributed by atoms with Crippen LogP contribution in [0.4, 0.5) is 5.69 Å². The summed E-state index contributed by atoms with van der Waals surface area (Å²) in [7, 11) is 0. The van der Waals surface area contributed by atoms with Gasteiger partial charge in [0.2, 0.25) is 0 Å². The average Bonchev–Trinajstić information content (AvgIpc) is 2.23. The van der Waals surface area contributed by atoms with Crippen LogP contribution in [0, 0.1) is 6.61 Å². The zero-order chi connectivity index (χ0) is 9.80. The topological polar surface area (TPSA) is 47.3 Å². The van der Waals surface area contributed by atoms with Crippen molar-refractivity contribution in [2.75, 3.05) is 11.9 Å². The maximum absolute atomic E-state index is 5.88. The van der Waals surface area contributed by atoms with Gasteiger partial charge in [-0.3, -0.25) is 0 Å². The van der Waals surface area contributed by atoms with Gasteiger partial charge in [-0.15, -0.1) is 0 Å². The molecule has 1 heterocycles. The van der Waals surface area contributed by atoms with Crippen LogP contribution in [0.5, 0.6) is 0 Å². The molecule has 3 N–H and O–H groups in total. The molecule has 3 heteroatoms. The number of rotatable bonds is 2. The van der Waals surface area contributed by atoms with Crippen LogP contribution < -0.4 is 11.1 Å². The van der Waals surface area contributed by atoms with Crippen molar-refractivity contribution < 1.29 is 4.74 Å². The van der Waals surface area contributed by atoms with Crippen molar-refractivity contribution in [2.24, 2.45) is 5.73 Å². The Kier molecular flexibility index (Phi) is 3.01. The van der Waals surface area contributed by atoms with Crippen molar-refractivity contribution >= 4 is 5.69 Å². The highest BCUT2D eigenvalue weighted by atomic mass is 16.5. The fourth-order valence-electron chi connectivity index (χ4n) is 1.58. The van der Waals surface area contributed by atoms with Crippen LogP contribution in [0.3, 0.4) is 0 Å². The second-order valence-corrected chi connectivity index (χ2v) is 3.49. The molecule has 14 heavy (non-hydrogen) atoms. The van der Waals surface area contributed by atoms with Gasteiger partial charge in [0, 0.05) is 18.3 Å². The molecule has 0 aromatic heterocycles. The van der Waals surface area contributed by atoms with Crippen LogP contribution in [0.1, 0.15) is 6.42 Å². The molecule has 1 radical (unpaired) electrons. The van der Waals surface area contributed by atoms with Gasteiger partial charge < -0.3 is 15.8 Å². The first-order valence-electron chi connectivity index (χ1n) is 4.88. The third-order valence-corrected chi connectivity index (χ3v) is 2.39. The molecule has 0 spiro atoms. The Labute approximate surface area is 84.3 Å². The predicted molar refractivity (Wildman–Crippen MR) is 56.7 cm³/mol. The maximum Gasteiger partial charge on any atom is 0.102 e. The first-order valence-corrected chi connectivity index (χ1v) is 4.88. The van der Waals surface area contributed by atoms with E-state index in [2.05, 4.69) is 5.32 Å². The number of anilines is 1. The lowest BCUT2D eigenvalue weighted by Gasteiger charge is -2.29. The quantitative estimate of drug-likeness (QED) is 0.742. The molecule has 0 bridgehead atoms. The number of nitrogens with one attached hydrogen (secondary N) is 1. The lowest BCUT2D eigenvalue weighted by atomic mass is 10.0. The van der Waals surface area contributed by atoms with E-state index >= 15 is 0 Å². The number of hydrogen-bond acceptors (Lipinski definition) is 3. The van der Waals surface area contributed by atoms with Crippen molar-refractivity contribution in [3.05, 3.63) is 36.9 Å². The molecule has 1 aliphatic heterocycles. The molecule has 1 aromatic carbocycles. The highest BCUT2D eigenvalue weighted by molar-refractivity contribution is 5.44. The van der Waals surface area contributed by atoms with E-state index < -0.39 is 0 Å². The van der Waals surface area contributed by atoms with E-state index in [9.17, 15) is 0 Å². The van der Waals surface area contributed by atoms with Gasteiger partial charge in [-0.2, -0.15) is 0 Å². The average molecular weight is 191 g/mol. The van der Waals surface area contributed by atoms with Gasteiger partial charge in [0.05, 0.1) is 6.04 Å². The number of nitrogens with two attached hydrogens (primary N) is 1. The highest BCUT2D eigenvalue weighted by Gasteiger charge is 2.22. The van der Waals surface area contributed by atoms with Crippen LogP contribution in [0.15, 0.2) is 30.3 Å². The smallest absolute Gasteiger partial charge is 0.102 e. The zero-order valence-electron chi connectivity index (χ0n) is 8.02. The second kappa shape index (κ2) is 4.44. The zero-order valence-corrected chi connectivity index (χ0v) is 8.02. The minimum atomic E-state index is -0.0241. The van der Waals surface area contributed by atoms with Gasteiger partial charge in [0.1, 0.15) is 6.61 Å². The largest absolute Gasteiger partial charge is 0.381 e. The Balaban J connectivity index is 1.96. The van der Waals surface area contributed by atoms with E-state index in [1.165, 1.54) is 0 Å². The lowest BCUT2D eigenvalue weighted by molar-refractivity contribution is 0.134. The molecule has 75 valence electrons. The molecule has 1 saturated heterocycles. The summed E-state index contributed by atoms with van der Waals surface area (Å²) >= 11 is 0.